The quantitative estimate of drug-likeness (QED) is 0.370. The summed E-state index contributed by atoms with van der Waals surface area (Å²) in [6.45, 7) is 5.74. The number of anilines is 2. The number of hydrogen-bond acceptors (Lipinski definition) is 4. The molecule has 0 radical (unpaired) electrons. The molecular weight excluding hydrogens is 332 g/mol. The molecule has 1 aromatic carbocycles. The minimum Gasteiger partial charge on any atom is -0.481 e. The molecule has 4 N–H and O–H groups in total. The molecule has 0 unspecified atom stereocenters. The SMILES string of the molecule is CCCCCNc1cc(CC(=O)O)c(NCCCCC)cc1CC(=O)O. The van der Waals surface area contributed by atoms with Crippen molar-refractivity contribution in [3.63, 3.8) is 0 Å². The molecule has 0 amide bonds. The second-order valence-electron chi connectivity index (χ2n) is 6.58. The highest BCUT2D eigenvalue weighted by Crippen LogP contribution is 2.27. The molecule has 0 atom stereocenters. The van der Waals surface area contributed by atoms with Crippen LogP contribution in [0.25, 0.3) is 0 Å². The first kappa shape index (κ1) is 21.8. The first-order chi connectivity index (χ1) is 12.5. The number of carboxylic acids is 2. The summed E-state index contributed by atoms with van der Waals surface area (Å²) >= 11 is 0. The van der Waals surface area contributed by atoms with Gasteiger partial charge in [-0.15, -0.1) is 0 Å². The van der Waals surface area contributed by atoms with Gasteiger partial charge in [-0.05, 0) is 36.1 Å². The van der Waals surface area contributed by atoms with Gasteiger partial charge >= 0.3 is 11.9 Å². The van der Waals surface area contributed by atoms with E-state index >= 15 is 0 Å². The highest BCUT2D eigenvalue weighted by Gasteiger charge is 2.14. The maximum Gasteiger partial charge on any atom is 0.307 e. The number of hydrogen-bond donors (Lipinski definition) is 4. The smallest absolute Gasteiger partial charge is 0.307 e. The average molecular weight is 364 g/mol. The van der Waals surface area contributed by atoms with Crippen LogP contribution in [-0.4, -0.2) is 35.2 Å². The van der Waals surface area contributed by atoms with Crippen LogP contribution in [0.5, 0.6) is 0 Å². The first-order valence-corrected chi connectivity index (χ1v) is 9.55. The maximum absolute atomic E-state index is 11.2. The topological polar surface area (TPSA) is 98.7 Å². The number of benzene rings is 1. The van der Waals surface area contributed by atoms with Gasteiger partial charge in [-0.1, -0.05) is 39.5 Å². The van der Waals surface area contributed by atoms with Crippen LogP contribution in [0.2, 0.25) is 0 Å². The first-order valence-electron chi connectivity index (χ1n) is 9.55. The van der Waals surface area contributed by atoms with Crippen LogP contribution in [-0.2, 0) is 22.4 Å². The number of nitrogens with one attached hydrogen (secondary N) is 2. The summed E-state index contributed by atoms with van der Waals surface area (Å²) in [4.78, 5) is 22.5. The van der Waals surface area contributed by atoms with E-state index in [1.807, 2.05) is 0 Å². The predicted octanol–water partition coefficient (Wildman–Crippen LogP) is 4.15. The van der Waals surface area contributed by atoms with Crippen molar-refractivity contribution in [1.82, 2.24) is 0 Å². The lowest BCUT2D eigenvalue weighted by Crippen LogP contribution is -2.13. The highest BCUT2D eigenvalue weighted by atomic mass is 16.4. The fourth-order valence-electron chi connectivity index (χ4n) is 2.83. The largest absolute Gasteiger partial charge is 0.481 e. The Balaban J connectivity index is 3.04. The van der Waals surface area contributed by atoms with Crippen molar-refractivity contribution in [1.29, 1.82) is 0 Å². The van der Waals surface area contributed by atoms with Gasteiger partial charge in [0, 0.05) is 24.5 Å². The minimum atomic E-state index is -0.899. The standard InChI is InChI=1S/C20H32N2O4/c1-3-5-7-9-21-17-11-16(14-20(25)26)18(22-10-8-6-4-2)12-15(17)13-19(23)24/h11-12,21-22H,3-10,13-14H2,1-2H3,(H,23,24)(H,25,26). The summed E-state index contributed by atoms with van der Waals surface area (Å²) in [5.41, 5.74) is 2.81. The van der Waals surface area contributed by atoms with Gasteiger partial charge in [0.15, 0.2) is 0 Å². The van der Waals surface area contributed by atoms with Gasteiger partial charge in [0.25, 0.3) is 0 Å². The second-order valence-corrected chi connectivity index (χ2v) is 6.58. The number of rotatable bonds is 14. The van der Waals surface area contributed by atoms with Gasteiger partial charge < -0.3 is 20.8 Å². The molecular formula is C20H32N2O4. The summed E-state index contributed by atoms with van der Waals surface area (Å²) in [5.74, 6) is -1.80. The van der Waals surface area contributed by atoms with E-state index in [9.17, 15) is 19.8 Å². The molecule has 0 aliphatic carbocycles. The van der Waals surface area contributed by atoms with E-state index in [1.165, 1.54) is 0 Å². The third kappa shape index (κ3) is 8.23. The molecule has 0 saturated carbocycles. The molecule has 0 aliphatic heterocycles. The van der Waals surface area contributed by atoms with Gasteiger partial charge in [0.2, 0.25) is 0 Å². The number of carboxylic acid groups (broad SMARTS) is 2. The Kier molecular flexibility index (Phi) is 10.2. The zero-order chi connectivity index (χ0) is 19.4. The highest BCUT2D eigenvalue weighted by molar-refractivity contribution is 5.79. The fraction of sp³-hybridized carbons (Fsp3) is 0.600. The van der Waals surface area contributed by atoms with Gasteiger partial charge in [0.1, 0.15) is 0 Å². The molecule has 0 heterocycles. The molecule has 146 valence electrons. The Bertz CT molecular complexity index is 536. The molecule has 1 rings (SSSR count). The van der Waals surface area contributed by atoms with E-state index in [0.717, 1.165) is 63.0 Å². The Morgan fingerprint density at radius 3 is 1.46 bits per heavy atom. The van der Waals surface area contributed by atoms with E-state index < -0.39 is 11.9 Å². The van der Waals surface area contributed by atoms with Crippen molar-refractivity contribution in [2.24, 2.45) is 0 Å². The molecule has 0 aliphatic rings. The summed E-state index contributed by atoms with van der Waals surface area (Å²) in [7, 11) is 0. The summed E-state index contributed by atoms with van der Waals surface area (Å²) < 4.78 is 0. The molecule has 6 nitrogen and oxygen atoms in total. The van der Waals surface area contributed by atoms with Crippen LogP contribution in [0.1, 0.15) is 63.5 Å². The second kappa shape index (κ2) is 12.2. The molecule has 0 fully saturated rings. The molecule has 0 spiro atoms. The summed E-state index contributed by atoms with van der Waals surface area (Å²) in [6, 6.07) is 3.58. The van der Waals surface area contributed by atoms with Crippen molar-refractivity contribution in [3.8, 4) is 0 Å². The Labute approximate surface area is 156 Å². The van der Waals surface area contributed by atoms with E-state index in [2.05, 4.69) is 24.5 Å². The lowest BCUT2D eigenvalue weighted by atomic mass is 10.0. The maximum atomic E-state index is 11.2. The van der Waals surface area contributed by atoms with Crippen LogP contribution in [0.15, 0.2) is 12.1 Å². The Hall–Kier alpha value is -2.24. The zero-order valence-electron chi connectivity index (χ0n) is 15.9. The molecule has 0 aromatic heterocycles. The number of unbranched alkanes of at least 4 members (excludes halogenated alkanes) is 4. The van der Waals surface area contributed by atoms with Crippen molar-refractivity contribution in [3.05, 3.63) is 23.3 Å². The van der Waals surface area contributed by atoms with Gasteiger partial charge in [-0.25, -0.2) is 0 Å². The zero-order valence-corrected chi connectivity index (χ0v) is 15.9. The van der Waals surface area contributed by atoms with Gasteiger partial charge in [0.05, 0.1) is 12.8 Å². The van der Waals surface area contributed by atoms with Crippen LogP contribution < -0.4 is 10.6 Å². The third-order valence-electron chi connectivity index (χ3n) is 4.20. The van der Waals surface area contributed by atoms with E-state index in [1.54, 1.807) is 12.1 Å². The van der Waals surface area contributed by atoms with E-state index in [4.69, 9.17) is 0 Å². The van der Waals surface area contributed by atoms with Gasteiger partial charge in [-0.3, -0.25) is 9.59 Å². The Morgan fingerprint density at radius 1 is 0.769 bits per heavy atom. The average Bonchev–Trinajstić information content (AvgIpc) is 2.57. The van der Waals surface area contributed by atoms with Crippen LogP contribution in [0, 0.1) is 0 Å². The summed E-state index contributed by atoms with van der Waals surface area (Å²) in [6.07, 6.45) is 6.21. The minimum absolute atomic E-state index is 0.0902. The normalized spacial score (nSPS) is 10.5. The lowest BCUT2D eigenvalue weighted by molar-refractivity contribution is -0.137. The third-order valence-corrected chi connectivity index (χ3v) is 4.20. The number of aliphatic carboxylic acids is 2. The monoisotopic (exact) mass is 364 g/mol. The molecule has 0 bridgehead atoms. The van der Waals surface area contributed by atoms with Crippen LogP contribution in [0.4, 0.5) is 11.4 Å². The number of carbonyl (C=O) groups is 2. The molecule has 6 heteroatoms. The van der Waals surface area contributed by atoms with Crippen molar-refractivity contribution in [2.75, 3.05) is 23.7 Å². The lowest BCUT2D eigenvalue weighted by Gasteiger charge is -2.18. The molecule has 1 aromatic rings. The molecule has 0 saturated heterocycles. The van der Waals surface area contributed by atoms with E-state index in [-0.39, 0.29) is 12.8 Å². The van der Waals surface area contributed by atoms with Crippen molar-refractivity contribution < 1.29 is 19.8 Å². The van der Waals surface area contributed by atoms with Crippen LogP contribution in [0.3, 0.4) is 0 Å². The van der Waals surface area contributed by atoms with E-state index in [0.29, 0.717) is 11.1 Å². The van der Waals surface area contributed by atoms with Crippen LogP contribution >= 0.6 is 0 Å². The predicted molar refractivity (Wildman–Crippen MR) is 105 cm³/mol. The fourth-order valence-corrected chi connectivity index (χ4v) is 2.83. The van der Waals surface area contributed by atoms with Gasteiger partial charge in [-0.2, -0.15) is 0 Å². The van der Waals surface area contributed by atoms with Crippen molar-refractivity contribution >= 4 is 23.3 Å². The molecule has 26 heavy (non-hydrogen) atoms. The Morgan fingerprint density at radius 2 is 1.15 bits per heavy atom. The summed E-state index contributed by atoms with van der Waals surface area (Å²) in [5, 5.41) is 25.0. The van der Waals surface area contributed by atoms with Crippen molar-refractivity contribution in [2.45, 2.75) is 65.2 Å².